The van der Waals surface area contributed by atoms with Crippen molar-refractivity contribution in [1.82, 2.24) is 0 Å². The topological polar surface area (TPSA) is 144 Å². The van der Waals surface area contributed by atoms with Crippen molar-refractivity contribution < 1.29 is 24.8 Å². The molecule has 0 unspecified atom stereocenters. The van der Waals surface area contributed by atoms with Gasteiger partial charge in [-0.2, -0.15) is 0 Å². The quantitative estimate of drug-likeness (QED) is 0.255. The molecule has 16 heavy (non-hydrogen) atoms. The predicted octanol–water partition coefficient (Wildman–Crippen LogP) is -3.29. The minimum Gasteiger partial charge on any atom is -0.394 e. The molecule has 1 fully saturated rings. The Balaban J connectivity index is 2.88. The highest BCUT2D eigenvalue weighted by Crippen LogP contribution is 2.23. The first-order chi connectivity index (χ1) is 7.51. The Bertz CT molecular complexity index is 242. The Hall–Kier alpha value is -0.930. The van der Waals surface area contributed by atoms with Gasteiger partial charge in [0, 0.05) is 7.11 Å². The normalized spacial score (nSPS) is 39.4. The summed E-state index contributed by atoms with van der Waals surface area (Å²) in [5.41, 5.74) is 10.4. The highest BCUT2D eigenvalue weighted by atomic mass is 16.7. The standard InChI is InChI=1S/C8H17N3O5/c1-15-7-6(14)4(11-8(9)10)5(13)3(2-12)16-7/h3-7,12-14H,2H2,1H3,(H4,9,10,11)/t3-,4+,5-,6+,7+/m1/s1. The number of hydrogen-bond acceptors (Lipinski definition) is 6. The van der Waals surface area contributed by atoms with Crippen LogP contribution < -0.4 is 11.5 Å². The molecule has 0 aromatic carbocycles. The summed E-state index contributed by atoms with van der Waals surface area (Å²) < 4.78 is 9.95. The van der Waals surface area contributed by atoms with Gasteiger partial charge in [0.2, 0.25) is 0 Å². The third-order valence-electron chi connectivity index (χ3n) is 2.38. The molecule has 0 aliphatic carbocycles. The number of hydrogen-bond donors (Lipinski definition) is 5. The van der Waals surface area contributed by atoms with Gasteiger partial charge in [-0.25, -0.2) is 4.99 Å². The SMILES string of the molecule is CO[C@H]1O[C@H](CO)[C@@H](O)[C@H](N=C(N)N)[C@@H]1O. The molecule has 1 saturated heterocycles. The first kappa shape index (κ1) is 13.1. The maximum atomic E-state index is 9.75. The van der Waals surface area contributed by atoms with Crippen molar-refractivity contribution in [3.05, 3.63) is 0 Å². The van der Waals surface area contributed by atoms with Crippen LogP contribution in [0.2, 0.25) is 0 Å². The van der Waals surface area contributed by atoms with E-state index in [0.717, 1.165) is 0 Å². The Labute approximate surface area is 92.5 Å². The van der Waals surface area contributed by atoms with Crippen molar-refractivity contribution in [1.29, 1.82) is 0 Å². The summed E-state index contributed by atoms with van der Waals surface area (Å²) in [6.45, 7) is -0.426. The van der Waals surface area contributed by atoms with Crippen LogP contribution in [0.15, 0.2) is 4.99 Å². The van der Waals surface area contributed by atoms with Gasteiger partial charge in [0.1, 0.15) is 24.4 Å². The maximum Gasteiger partial charge on any atom is 0.186 e. The number of methoxy groups -OCH3 is 1. The van der Waals surface area contributed by atoms with Crippen LogP contribution in [0.5, 0.6) is 0 Å². The summed E-state index contributed by atoms with van der Waals surface area (Å²) in [4.78, 5) is 3.70. The number of guanidine groups is 1. The third-order valence-corrected chi connectivity index (χ3v) is 2.38. The van der Waals surface area contributed by atoms with Crippen molar-refractivity contribution in [2.24, 2.45) is 16.5 Å². The van der Waals surface area contributed by atoms with E-state index in [1.165, 1.54) is 7.11 Å². The van der Waals surface area contributed by atoms with Crippen LogP contribution in [0.1, 0.15) is 0 Å². The van der Waals surface area contributed by atoms with Crippen molar-refractivity contribution in [2.75, 3.05) is 13.7 Å². The molecule has 5 atom stereocenters. The van der Waals surface area contributed by atoms with Gasteiger partial charge >= 0.3 is 0 Å². The molecular weight excluding hydrogens is 218 g/mol. The molecule has 8 heteroatoms. The summed E-state index contributed by atoms with van der Waals surface area (Å²) in [5, 5.41) is 28.5. The highest BCUT2D eigenvalue weighted by molar-refractivity contribution is 5.76. The summed E-state index contributed by atoms with van der Waals surface area (Å²) in [5.74, 6) is -0.267. The van der Waals surface area contributed by atoms with E-state index in [0.29, 0.717) is 0 Å². The fourth-order valence-electron chi connectivity index (χ4n) is 1.59. The van der Waals surface area contributed by atoms with E-state index in [1.54, 1.807) is 0 Å². The first-order valence-electron chi connectivity index (χ1n) is 4.75. The lowest BCUT2D eigenvalue weighted by atomic mass is 9.97. The van der Waals surface area contributed by atoms with E-state index in [2.05, 4.69) is 4.99 Å². The van der Waals surface area contributed by atoms with Gasteiger partial charge in [-0.05, 0) is 0 Å². The second-order valence-electron chi connectivity index (χ2n) is 3.49. The van der Waals surface area contributed by atoms with Crippen molar-refractivity contribution >= 4 is 5.96 Å². The number of aliphatic hydroxyl groups excluding tert-OH is 3. The fraction of sp³-hybridized carbons (Fsp3) is 0.875. The Morgan fingerprint density at radius 3 is 2.44 bits per heavy atom. The van der Waals surface area contributed by atoms with Gasteiger partial charge in [0.15, 0.2) is 12.2 Å². The van der Waals surface area contributed by atoms with Gasteiger partial charge in [-0.3, -0.25) is 0 Å². The van der Waals surface area contributed by atoms with Crippen molar-refractivity contribution in [2.45, 2.75) is 30.6 Å². The van der Waals surface area contributed by atoms with E-state index in [-0.39, 0.29) is 5.96 Å². The molecule has 1 rings (SSSR count). The predicted molar refractivity (Wildman–Crippen MR) is 54.4 cm³/mol. The molecule has 8 nitrogen and oxygen atoms in total. The van der Waals surface area contributed by atoms with E-state index < -0.39 is 37.3 Å². The van der Waals surface area contributed by atoms with Gasteiger partial charge in [-0.15, -0.1) is 0 Å². The zero-order valence-corrected chi connectivity index (χ0v) is 8.85. The number of nitrogens with zero attached hydrogens (tertiary/aromatic N) is 1. The van der Waals surface area contributed by atoms with Gasteiger partial charge in [-0.1, -0.05) is 0 Å². The second kappa shape index (κ2) is 5.41. The summed E-state index contributed by atoms with van der Waals surface area (Å²) >= 11 is 0. The Morgan fingerprint density at radius 2 is 2.00 bits per heavy atom. The lowest BCUT2D eigenvalue weighted by Crippen LogP contribution is -2.58. The fourth-order valence-corrected chi connectivity index (χ4v) is 1.59. The zero-order chi connectivity index (χ0) is 12.3. The summed E-state index contributed by atoms with van der Waals surface area (Å²) in [6, 6.07) is -0.985. The van der Waals surface area contributed by atoms with Crippen LogP contribution in [-0.2, 0) is 9.47 Å². The molecular formula is C8H17N3O5. The van der Waals surface area contributed by atoms with E-state index in [4.69, 9.17) is 26.0 Å². The zero-order valence-electron chi connectivity index (χ0n) is 8.85. The van der Waals surface area contributed by atoms with Gasteiger partial charge in [0.05, 0.1) is 6.61 Å². The number of rotatable bonds is 3. The molecule has 0 amide bonds. The minimum atomic E-state index is -1.20. The molecule has 0 spiro atoms. The van der Waals surface area contributed by atoms with Gasteiger partial charge < -0.3 is 36.3 Å². The monoisotopic (exact) mass is 235 g/mol. The molecule has 0 aromatic rings. The first-order valence-corrected chi connectivity index (χ1v) is 4.75. The molecule has 1 heterocycles. The van der Waals surface area contributed by atoms with Crippen LogP contribution in [0.4, 0.5) is 0 Å². The molecule has 1 aliphatic rings. The molecule has 1 aliphatic heterocycles. The molecule has 0 bridgehead atoms. The van der Waals surface area contributed by atoms with Crippen LogP contribution in [0.25, 0.3) is 0 Å². The maximum absolute atomic E-state index is 9.75. The van der Waals surface area contributed by atoms with E-state index in [1.807, 2.05) is 0 Å². The number of ether oxygens (including phenoxy) is 2. The van der Waals surface area contributed by atoms with Crippen molar-refractivity contribution in [3.63, 3.8) is 0 Å². The summed E-state index contributed by atoms with van der Waals surface area (Å²) in [6.07, 6.45) is -4.30. The molecule has 0 aromatic heterocycles. The van der Waals surface area contributed by atoms with Crippen LogP contribution in [0, 0.1) is 0 Å². The number of nitrogens with two attached hydrogens (primary N) is 2. The largest absolute Gasteiger partial charge is 0.394 e. The van der Waals surface area contributed by atoms with Crippen LogP contribution >= 0.6 is 0 Å². The lowest BCUT2D eigenvalue weighted by Gasteiger charge is -2.39. The molecule has 7 N–H and O–H groups in total. The Morgan fingerprint density at radius 1 is 1.38 bits per heavy atom. The third kappa shape index (κ3) is 2.60. The molecule has 0 saturated carbocycles. The van der Waals surface area contributed by atoms with Gasteiger partial charge in [0.25, 0.3) is 0 Å². The van der Waals surface area contributed by atoms with E-state index in [9.17, 15) is 10.2 Å². The molecule has 94 valence electrons. The van der Waals surface area contributed by atoms with Crippen LogP contribution in [-0.4, -0.2) is 65.6 Å². The summed E-state index contributed by atoms with van der Waals surface area (Å²) in [7, 11) is 1.33. The van der Waals surface area contributed by atoms with Crippen molar-refractivity contribution in [3.8, 4) is 0 Å². The number of aliphatic imine (C=N–C) groups is 1. The Kier molecular flexibility index (Phi) is 4.44. The highest BCUT2D eigenvalue weighted by Gasteiger charge is 2.44. The second-order valence-corrected chi connectivity index (χ2v) is 3.49. The number of aliphatic hydroxyl groups is 3. The van der Waals surface area contributed by atoms with E-state index >= 15 is 0 Å². The lowest BCUT2D eigenvalue weighted by molar-refractivity contribution is -0.267. The van der Waals surface area contributed by atoms with Crippen LogP contribution in [0.3, 0.4) is 0 Å². The molecule has 0 radical (unpaired) electrons. The average Bonchev–Trinajstić information content (AvgIpc) is 2.24. The minimum absolute atomic E-state index is 0.267. The average molecular weight is 235 g/mol. The smallest absolute Gasteiger partial charge is 0.186 e.